The van der Waals surface area contributed by atoms with Crippen LogP contribution in [0, 0.1) is 0 Å². The molecular weight excluding hydrogens is 266 g/mol. The molecule has 5 nitrogen and oxygen atoms in total. The molecule has 21 heavy (non-hydrogen) atoms. The van der Waals surface area contributed by atoms with Gasteiger partial charge in [-0.25, -0.2) is 9.48 Å². The molecule has 0 aliphatic heterocycles. The van der Waals surface area contributed by atoms with E-state index in [0.717, 1.165) is 22.3 Å². The van der Waals surface area contributed by atoms with Gasteiger partial charge in [-0.15, -0.1) is 0 Å². The minimum absolute atomic E-state index is 0.0478. The molecule has 3 rings (SSSR count). The summed E-state index contributed by atoms with van der Waals surface area (Å²) in [4.78, 5) is 15.6. The van der Waals surface area contributed by atoms with E-state index in [1.165, 1.54) is 0 Å². The molecule has 1 aromatic carbocycles. The summed E-state index contributed by atoms with van der Waals surface area (Å²) < 4.78 is 1.68. The lowest BCUT2D eigenvalue weighted by atomic mass is 10.1. The molecule has 3 aromatic rings. The third-order valence-corrected chi connectivity index (χ3v) is 3.39. The lowest BCUT2D eigenvalue weighted by Gasteiger charge is -2.11. The molecule has 1 N–H and O–H groups in total. The summed E-state index contributed by atoms with van der Waals surface area (Å²) in [5.74, 6) is -0.867. The van der Waals surface area contributed by atoms with E-state index in [9.17, 15) is 9.90 Å². The van der Waals surface area contributed by atoms with Crippen LogP contribution >= 0.6 is 0 Å². The second kappa shape index (κ2) is 5.01. The Balaban J connectivity index is 2.29. The first-order valence-electron chi connectivity index (χ1n) is 6.75. The van der Waals surface area contributed by atoms with Gasteiger partial charge < -0.3 is 5.11 Å². The predicted octanol–water partition coefficient (Wildman–Crippen LogP) is 3.24. The van der Waals surface area contributed by atoms with Crippen molar-refractivity contribution < 1.29 is 9.90 Å². The molecule has 106 valence electrons. The van der Waals surface area contributed by atoms with E-state index in [1.807, 2.05) is 44.2 Å². The Morgan fingerprint density at radius 2 is 2.00 bits per heavy atom. The van der Waals surface area contributed by atoms with Gasteiger partial charge in [0.2, 0.25) is 0 Å². The van der Waals surface area contributed by atoms with Crippen LogP contribution < -0.4 is 0 Å². The van der Waals surface area contributed by atoms with E-state index in [1.54, 1.807) is 16.9 Å². The van der Waals surface area contributed by atoms with E-state index < -0.39 is 5.97 Å². The van der Waals surface area contributed by atoms with Crippen LogP contribution in [-0.4, -0.2) is 25.8 Å². The number of hydrogen-bond acceptors (Lipinski definition) is 3. The first-order valence-corrected chi connectivity index (χ1v) is 6.75. The van der Waals surface area contributed by atoms with Gasteiger partial charge in [-0.05, 0) is 24.1 Å². The Morgan fingerprint density at radius 1 is 1.24 bits per heavy atom. The number of carboxylic acids is 1. The largest absolute Gasteiger partial charge is 0.476 e. The maximum atomic E-state index is 11.2. The Labute approximate surface area is 121 Å². The van der Waals surface area contributed by atoms with Crippen molar-refractivity contribution in [1.29, 1.82) is 0 Å². The molecule has 0 saturated carbocycles. The van der Waals surface area contributed by atoms with Crippen LogP contribution in [0.25, 0.3) is 16.6 Å². The van der Waals surface area contributed by atoms with Crippen LogP contribution in [0.4, 0.5) is 0 Å². The molecule has 2 heterocycles. The normalized spacial score (nSPS) is 11.2. The lowest BCUT2D eigenvalue weighted by Crippen LogP contribution is -2.06. The molecule has 0 aliphatic carbocycles. The van der Waals surface area contributed by atoms with Crippen molar-refractivity contribution in [2.24, 2.45) is 0 Å². The van der Waals surface area contributed by atoms with Gasteiger partial charge in [0.05, 0.1) is 11.2 Å². The Kier molecular flexibility index (Phi) is 3.17. The molecule has 0 atom stereocenters. The summed E-state index contributed by atoms with van der Waals surface area (Å²) >= 11 is 0. The summed E-state index contributed by atoms with van der Waals surface area (Å²) in [5, 5.41) is 14.4. The van der Waals surface area contributed by atoms with E-state index in [0.29, 0.717) is 0 Å². The fourth-order valence-corrected chi connectivity index (χ4v) is 2.36. The minimum Gasteiger partial charge on any atom is -0.476 e. The number of hydrogen-bond donors (Lipinski definition) is 1. The fourth-order valence-electron chi connectivity index (χ4n) is 2.36. The Morgan fingerprint density at radius 3 is 2.71 bits per heavy atom. The van der Waals surface area contributed by atoms with Gasteiger partial charge in [0, 0.05) is 17.3 Å². The first-order chi connectivity index (χ1) is 10.1. The van der Waals surface area contributed by atoms with Crippen molar-refractivity contribution in [1.82, 2.24) is 14.8 Å². The molecule has 0 amide bonds. The third-order valence-electron chi connectivity index (χ3n) is 3.39. The van der Waals surface area contributed by atoms with Gasteiger partial charge in [0.15, 0.2) is 5.69 Å². The number of aromatic carboxylic acids is 1. The monoisotopic (exact) mass is 281 g/mol. The number of carboxylic acid groups (broad SMARTS) is 1. The lowest BCUT2D eigenvalue weighted by molar-refractivity contribution is 0.0690. The molecule has 0 radical (unpaired) electrons. The van der Waals surface area contributed by atoms with Crippen molar-refractivity contribution >= 4 is 16.9 Å². The van der Waals surface area contributed by atoms with Gasteiger partial charge in [0.25, 0.3) is 0 Å². The summed E-state index contributed by atoms with van der Waals surface area (Å²) in [5.41, 5.74) is 2.50. The van der Waals surface area contributed by atoms with Crippen LogP contribution in [0.15, 0.2) is 42.6 Å². The number of rotatable bonds is 3. The van der Waals surface area contributed by atoms with Gasteiger partial charge in [-0.2, -0.15) is 5.10 Å². The summed E-state index contributed by atoms with van der Waals surface area (Å²) in [6.45, 7) is 4.02. The zero-order valence-corrected chi connectivity index (χ0v) is 11.8. The molecule has 0 bridgehead atoms. The maximum Gasteiger partial charge on any atom is 0.356 e. The summed E-state index contributed by atoms with van der Waals surface area (Å²) in [6, 6.07) is 11.3. The highest BCUT2D eigenvalue weighted by atomic mass is 16.4. The zero-order chi connectivity index (χ0) is 15.0. The summed E-state index contributed by atoms with van der Waals surface area (Å²) in [6.07, 6.45) is 1.72. The van der Waals surface area contributed by atoms with Crippen molar-refractivity contribution in [3.8, 4) is 5.69 Å². The molecule has 0 aliphatic rings. The summed E-state index contributed by atoms with van der Waals surface area (Å²) in [7, 11) is 0. The van der Waals surface area contributed by atoms with Gasteiger partial charge in [-0.1, -0.05) is 32.0 Å². The van der Waals surface area contributed by atoms with Crippen molar-refractivity contribution in [2.75, 3.05) is 0 Å². The van der Waals surface area contributed by atoms with E-state index in [4.69, 9.17) is 0 Å². The highest BCUT2D eigenvalue weighted by Gasteiger charge is 2.18. The highest BCUT2D eigenvalue weighted by molar-refractivity contribution is 5.88. The minimum atomic E-state index is -1.02. The molecule has 5 heteroatoms. The molecule has 2 aromatic heterocycles. The SMILES string of the molecule is CC(C)c1cc(C(=O)O)nn1-c1cccc2cccnc12. The Hall–Kier alpha value is -2.69. The number of carbonyl (C=O) groups is 1. The van der Waals surface area contributed by atoms with Crippen LogP contribution in [0.5, 0.6) is 0 Å². The topological polar surface area (TPSA) is 68.0 Å². The smallest absolute Gasteiger partial charge is 0.356 e. The maximum absolute atomic E-state index is 11.2. The standard InChI is InChI=1S/C16H15N3O2/c1-10(2)14-9-12(16(20)21)18-19(14)13-7-3-5-11-6-4-8-17-15(11)13/h3-10H,1-2H3,(H,20,21). The second-order valence-electron chi connectivity index (χ2n) is 5.18. The molecule has 0 saturated heterocycles. The van der Waals surface area contributed by atoms with E-state index in [-0.39, 0.29) is 11.6 Å². The van der Waals surface area contributed by atoms with Gasteiger partial charge >= 0.3 is 5.97 Å². The number of pyridine rings is 1. The van der Waals surface area contributed by atoms with Crippen LogP contribution in [0.2, 0.25) is 0 Å². The van der Waals surface area contributed by atoms with E-state index >= 15 is 0 Å². The van der Waals surface area contributed by atoms with Gasteiger partial charge in [-0.3, -0.25) is 4.98 Å². The van der Waals surface area contributed by atoms with Gasteiger partial charge in [0.1, 0.15) is 0 Å². The van der Waals surface area contributed by atoms with Crippen molar-refractivity contribution in [2.45, 2.75) is 19.8 Å². The highest BCUT2D eigenvalue weighted by Crippen LogP contribution is 2.25. The first kappa shape index (κ1) is 13.3. The molecule has 0 fully saturated rings. The average Bonchev–Trinajstić information content (AvgIpc) is 2.92. The van der Waals surface area contributed by atoms with Crippen molar-refractivity contribution in [3.05, 3.63) is 54.0 Å². The van der Waals surface area contributed by atoms with E-state index in [2.05, 4.69) is 10.1 Å². The predicted molar refractivity (Wildman–Crippen MR) is 79.9 cm³/mol. The number of para-hydroxylation sites is 1. The number of benzene rings is 1. The fraction of sp³-hybridized carbons (Fsp3) is 0.188. The zero-order valence-electron chi connectivity index (χ0n) is 11.8. The second-order valence-corrected chi connectivity index (χ2v) is 5.18. The number of aromatic nitrogens is 3. The number of nitrogens with zero attached hydrogens (tertiary/aromatic N) is 3. The average molecular weight is 281 g/mol. The third kappa shape index (κ3) is 2.27. The Bertz CT molecular complexity index is 816. The number of fused-ring (bicyclic) bond motifs is 1. The van der Waals surface area contributed by atoms with Crippen molar-refractivity contribution in [3.63, 3.8) is 0 Å². The van der Waals surface area contributed by atoms with Crippen LogP contribution in [0.3, 0.4) is 0 Å². The molecule has 0 spiro atoms. The van der Waals surface area contributed by atoms with Crippen LogP contribution in [-0.2, 0) is 0 Å². The molecule has 0 unspecified atom stereocenters. The molecular formula is C16H15N3O2. The van der Waals surface area contributed by atoms with Crippen LogP contribution in [0.1, 0.15) is 35.9 Å². The quantitative estimate of drug-likeness (QED) is 0.800.